The van der Waals surface area contributed by atoms with Crippen molar-refractivity contribution in [1.29, 1.82) is 0 Å². The van der Waals surface area contributed by atoms with E-state index in [0.717, 1.165) is 12.1 Å². The highest BCUT2D eigenvalue weighted by Gasteiger charge is 2.35. The third kappa shape index (κ3) is 5.90. The van der Waals surface area contributed by atoms with Crippen molar-refractivity contribution >= 4 is 23.4 Å². The Hall–Kier alpha value is -3.47. The first-order valence-corrected chi connectivity index (χ1v) is 10.5. The van der Waals surface area contributed by atoms with Crippen LogP contribution in [0.5, 0.6) is 0 Å². The van der Waals surface area contributed by atoms with Gasteiger partial charge in [0.05, 0.1) is 17.5 Å². The molecule has 0 spiro atoms. The van der Waals surface area contributed by atoms with Crippen LogP contribution in [0.15, 0.2) is 36.4 Å². The predicted molar refractivity (Wildman–Crippen MR) is 114 cm³/mol. The van der Waals surface area contributed by atoms with Crippen molar-refractivity contribution in [3.63, 3.8) is 0 Å². The summed E-state index contributed by atoms with van der Waals surface area (Å²) in [7, 11) is 0. The normalized spacial score (nSPS) is 18.3. The molecule has 0 bridgehead atoms. The van der Waals surface area contributed by atoms with Gasteiger partial charge in [-0.25, -0.2) is 4.39 Å². The predicted octanol–water partition coefficient (Wildman–Crippen LogP) is 3.13. The third-order valence-corrected chi connectivity index (χ3v) is 5.46. The number of carbonyl (C=O) groups is 3. The Morgan fingerprint density at radius 1 is 1.21 bits per heavy atom. The van der Waals surface area contributed by atoms with Gasteiger partial charge in [0.1, 0.15) is 11.9 Å². The maximum atomic E-state index is 14.7. The van der Waals surface area contributed by atoms with Crippen LogP contribution in [0.4, 0.5) is 23.2 Å². The SMILES string of the molecule is CCOC1CC(c2ccc(CC(=O)Nc3ccc(C(N)=O)c(C(F)(F)F)c3)c(F)c2)CNC1=O. The van der Waals surface area contributed by atoms with Gasteiger partial charge < -0.3 is 21.1 Å². The van der Waals surface area contributed by atoms with Gasteiger partial charge in [0.2, 0.25) is 17.7 Å². The van der Waals surface area contributed by atoms with E-state index in [0.29, 0.717) is 31.2 Å². The average molecular weight is 481 g/mol. The minimum Gasteiger partial charge on any atom is -0.369 e. The number of anilines is 1. The highest BCUT2D eigenvalue weighted by atomic mass is 19.4. The lowest BCUT2D eigenvalue weighted by Gasteiger charge is -2.29. The summed E-state index contributed by atoms with van der Waals surface area (Å²) in [5.74, 6) is -3.04. The molecular weight excluding hydrogens is 458 g/mol. The zero-order valence-corrected chi connectivity index (χ0v) is 18.2. The first-order chi connectivity index (χ1) is 16.0. The lowest BCUT2D eigenvalue weighted by atomic mass is 9.89. The highest BCUT2D eigenvalue weighted by molar-refractivity contribution is 5.97. The van der Waals surface area contributed by atoms with E-state index >= 15 is 0 Å². The number of halogens is 4. The molecule has 0 radical (unpaired) electrons. The number of hydrogen-bond donors (Lipinski definition) is 3. The molecule has 1 aliphatic rings. The third-order valence-electron chi connectivity index (χ3n) is 5.46. The van der Waals surface area contributed by atoms with Gasteiger partial charge in [-0.3, -0.25) is 14.4 Å². The summed E-state index contributed by atoms with van der Waals surface area (Å²) in [6.07, 6.45) is -5.51. The molecular formula is C23H23F4N3O4. The van der Waals surface area contributed by atoms with Crippen LogP contribution in [0.2, 0.25) is 0 Å². The van der Waals surface area contributed by atoms with Crippen LogP contribution in [-0.4, -0.2) is 37.0 Å². The van der Waals surface area contributed by atoms with Crippen LogP contribution in [0, 0.1) is 5.82 Å². The number of alkyl halides is 3. The van der Waals surface area contributed by atoms with Gasteiger partial charge >= 0.3 is 6.18 Å². The fourth-order valence-electron chi connectivity index (χ4n) is 3.80. The van der Waals surface area contributed by atoms with E-state index in [9.17, 15) is 31.9 Å². The Morgan fingerprint density at radius 3 is 2.56 bits per heavy atom. The van der Waals surface area contributed by atoms with E-state index < -0.39 is 47.5 Å². The first kappa shape index (κ1) is 25.2. The minimum atomic E-state index is -4.85. The van der Waals surface area contributed by atoms with Crippen molar-refractivity contribution in [2.24, 2.45) is 5.73 Å². The topological polar surface area (TPSA) is 111 Å². The Morgan fingerprint density at radius 2 is 1.94 bits per heavy atom. The quantitative estimate of drug-likeness (QED) is 0.528. The Balaban J connectivity index is 1.70. The molecule has 2 unspecified atom stereocenters. The van der Waals surface area contributed by atoms with Crippen molar-refractivity contribution in [1.82, 2.24) is 5.32 Å². The van der Waals surface area contributed by atoms with Crippen LogP contribution in [0.1, 0.15) is 46.3 Å². The molecule has 4 N–H and O–H groups in total. The van der Waals surface area contributed by atoms with E-state index in [2.05, 4.69) is 10.6 Å². The smallest absolute Gasteiger partial charge is 0.369 e. The van der Waals surface area contributed by atoms with Crippen LogP contribution < -0.4 is 16.4 Å². The van der Waals surface area contributed by atoms with Crippen molar-refractivity contribution in [2.75, 3.05) is 18.5 Å². The number of rotatable bonds is 7. The average Bonchev–Trinajstić information content (AvgIpc) is 2.76. The number of amides is 3. The first-order valence-electron chi connectivity index (χ1n) is 10.5. The summed E-state index contributed by atoms with van der Waals surface area (Å²) >= 11 is 0. The lowest BCUT2D eigenvalue weighted by molar-refractivity contribution is -0.138. The van der Waals surface area contributed by atoms with E-state index in [1.54, 1.807) is 13.0 Å². The van der Waals surface area contributed by atoms with Gasteiger partial charge in [-0.2, -0.15) is 13.2 Å². The number of nitrogens with one attached hydrogen (secondary N) is 2. The number of hydrogen-bond acceptors (Lipinski definition) is 4. The van der Waals surface area contributed by atoms with Crippen molar-refractivity contribution in [3.05, 3.63) is 64.5 Å². The summed E-state index contributed by atoms with van der Waals surface area (Å²) in [6, 6.07) is 6.92. The maximum absolute atomic E-state index is 14.7. The second-order valence-electron chi connectivity index (χ2n) is 7.82. The Labute approximate surface area is 192 Å². The summed E-state index contributed by atoms with van der Waals surface area (Å²) in [6.45, 7) is 2.46. The maximum Gasteiger partial charge on any atom is 0.417 e. The lowest BCUT2D eigenvalue weighted by Crippen LogP contribution is -2.45. The van der Waals surface area contributed by atoms with Gasteiger partial charge in [-0.05, 0) is 48.7 Å². The summed E-state index contributed by atoms with van der Waals surface area (Å²) < 4.78 is 59.7. The molecule has 0 aliphatic carbocycles. The number of benzene rings is 2. The van der Waals surface area contributed by atoms with E-state index in [-0.39, 0.29) is 23.1 Å². The molecule has 3 amide bonds. The van der Waals surface area contributed by atoms with E-state index in [4.69, 9.17) is 10.5 Å². The van der Waals surface area contributed by atoms with Crippen LogP contribution in [-0.2, 0) is 26.9 Å². The van der Waals surface area contributed by atoms with Crippen molar-refractivity contribution in [2.45, 2.75) is 38.0 Å². The molecule has 0 saturated carbocycles. The second-order valence-corrected chi connectivity index (χ2v) is 7.82. The number of piperidine rings is 1. The van der Waals surface area contributed by atoms with Crippen LogP contribution in [0.25, 0.3) is 0 Å². The molecule has 2 aromatic carbocycles. The van der Waals surface area contributed by atoms with Crippen molar-refractivity contribution < 1.29 is 36.7 Å². The highest BCUT2D eigenvalue weighted by Crippen LogP contribution is 2.34. The zero-order valence-electron chi connectivity index (χ0n) is 18.2. The van der Waals surface area contributed by atoms with Crippen LogP contribution in [0.3, 0.4) is 0 Å². The van der Waals surface area contributed by atoms with Gasteiger partial charge in [0.25, 0.3) is 0 Å². The molecule has 3 rings (SSSR count). The molecule has 34 heavy (non-hydrogen) atoms. The minimum absolute atomic E-state index is 0.0484. The summed E-state index contributed by atoms with van der Waals surface area (Å²) in [5, 5.41) is 5.00. The van der Waals surface area contributed by atoms with Gasteiger partial charge in [-0.1, -0.05) is 12.1 Å². The molecule has 1 fully saturated rings. The van der Waals surface area contributed by atoms with Gasteiger partial charge in [-0.15, -0.1) is 0 Å². The number of nitrogens with two attached hydrogens (primary N) is 1. The molecule has 1 heterocycles. The second kappa shape index (κ2) is 10.2. The zero-order chi connectivity index (χ0) is 25.0. The molecule has 2 atom stereocenters. The monoisotopic (exact) mass is 481 g/mol. The molecule has 182 valence electrons. The summed E-state index contributed by atoms with van der Waals surface area (Å²) in [4.78, 5) is 35.4. The van der Waals surface area contributed by atoms with Crippen molar-refractivity contribution in [3.8, 4) is 0 Å². The standard InChI is InChI=1S/C23H23F4N3O4/c1-2-34-19-8-14(11-29-22(19)33)12-3-4-13(18(24)7-12)9-20(31)30-15-5-6-16(21(28)32)17(10-15)23(25,26)27/h3-7,10,14,19H,2,8-9,11H2,1H3,(H2,28,32)(H,29,33)(H,30,31). The van der Waals surface area contributed by atoms with Gasteiger partial charge in [0, 0.05) is 24.8 Å². The molecule has 2 aromatic rings. The van der Waals surface area contributed by atoms with E-state index in [1.165, 1.54) is 12.1 Å². The number of ether oxygens (including phenoxy) is 1. The van der Waals surface area contributed by atoms with Gasteiger partial charge in [0.15, 0.2) is 0 Å². The Kier molecular flexibility index (Phi) is 7.55. The molecule has 0 aromatic heterocycles. The number of carbonyl (C=O) groups excluding carboxylic acids is 3. The fourth-order valence-corrected chi connectivity index (χ4v) is 3.80. The molecule has 7 nitrogen and oxygen atoms in total. The molecule has 1 saturated heterocycles. The Bertz CT molecular complexity index is 1100. The fraction of sp³-hybridized carbons (Fsp3) is 0.348. The number of primary amides is 1. The molecule has 11 heteroatoms. The summed E-state index contributed by atoms with van der Waals surface area (Å²) in [5.41, 5.74) is 3.44. The van der Waals surface area contributed by atoms with Crippen LogP contribution >= 0.6 is 0 Å². The largest absolute Gasteiger partial charge is 0.417 e. The van der Waals surface area contributed by atoms with E-state index in [1.807, 2.05) is 0 Å². The molecule has 1 aliphatic heterocycles.